The summed E-state index contributed by atoms with van der Waals surface area (Å²) >= 11 is 0. The second kappa shape index (κ2) is 10.9. The maximum Gasteiger partial charge on any atom is 0.0540 e. The monoisotopic (exact) mass is 645 g/mol. The third-order valence-corrected chi connectivity index (χ3v) is 10.9. The average Bonchev–Trinajstić information content (AvgIpc) is 3.45. The highest BCUT2D eigenvalue weighted by atomic mass is 15.1. The summed E-state index contributed by atoms with van der Waals surface area (Å²) in [7, 11) is 0. The minimum absolute atomic E-state index is 1.16. The molecule has 0 aromatic heterocycles. The van der Waals surface area contributed by atoms with Gasteiger partial charge in [-0.2, -0.15) is 0 Å². The van der Waals surface area contributed by atoms with Crippen molar-refractivity contribution < 1.29 is 0 Å². The standard InChI is InChI=1S/C50H31N/c1-3-16-32(17-4-1)47-40-25-9-10-26-41(40)48(33-18-5-2-6-19-33)50-43-31-35(30-34-20-15-27-42(46(34)43)49(47)50)51-44-28-13-11-23-38(44)36-21-7-8-22-37(36)39-24-12-14-29-45(39)51/h1-31H. The molecular formula is C50H31N. The Balaban J connectivity index is 1.29. The van der Waals surface area contributed by atoms with Gasteiger partial charge in [0.25, 0.3) is 0 Å². The van der Waals surface area contributed by atoms with E-state index in [-0.39, 0.29) is 0 Å². The van der Waals surface area contributed by atoms with Gasteiger partial charge in [0.05, 0.1) is 11.4 Å². The van der Waals surface area contributed by atoms with Crippen LogP contribution in [0, 0.1) is 0 Å². The first-order chi connectivity index (χ1) is 25.3. The molecule has 236 valence electrons. The Bertz CT molecular complexity index is 2780. The lowest BCUT2D eigenvalue weighted by Crippen LogP contribution is -2.11. The molecule has 9 aromatic rings. The maximum atomic E-state index is 2.49. The van der Waals surface area contributed by atoms with E-state index < -0.39 is 0 Å². The Kier molecular flexibility index (Phi) is 6.02. The van der Waals surface area contributed by atoms with Gasteiger partial charge in [0.15, 0.2) is 0 Å². The summed E-state index contributed by atoms with van der Waals surface area (Å²) in [6.07, 6.45) is 0. The summed E-state index contributed by atoms with van der Waals surface area (Å²) in [6.45, 7) is 0. The number of benzene rings is 9. The zero-order chi connectivity index (χ0) is 33.5. The Labute approximate surface area is 297 Å². The fourth-order valence-corrected chi connectivity index (χ4v) is 8.89. The summed E-state index contributed by atoms with van der Waals surface area (Å²) in [4.78, 5) is 2.49. The van der Waals surface area contributed by atoms with Crippen molar-refractivity contribution >= 4 is 38.6 Å². The van der Waals surface area contributed by atoms with E-state index in [2.05, 4.69) is 193 Å². The highest BCUT2D eigenvalue weighted by molar-refractivity contribution is 6.28. The molecule has 0 N–H and O–H groups in total. The molecule has 0 saturated heterocycles. The third-order valence-electron chi connectivity index (χ3n) is 10.9. The van der Waals surface area contributed by atoms with Crippen LogP contribution in [0.5, 0.6) is 0 Å². The van der Waals surface area contributed by atoms with E-state index in [1.54, 1.807) is 0 Å². The highest BCUT2D eigenvalue weighted by Gasteiger charge is 2.33. The molecule has 1 aliphatic carbocycles. The predicted molar refractivity (Wildman–Crippen MR) is 216 cm³/mol. The van der Waals surface area contributed by atoms with Crippen LogP contribution in [-0.2, 0) is 0 Å². The highest BCUT2D eigenvalue weighted by Crippen LogP contribution is 2.59. The van der Waals surface area contributed by atoms with E-state index in [1.807, 2.05) is 0 Å². The van der Waals surface area contributed by atoms with Crippen molar-refractivity contribution in [3.8, 4) is 66.8 Å². The number of hydrogen-bond acceptors (Lipinski definition) is 1. The predicted octanol–water partition coefficient (Wildman–Crippen LogP) is 14.1. The number of hydrogen-bond donors (Lipinski definition) is 0. The van der Waals surface area contributed by atoms with Gasteiger partial charge < -0.3 is 4.90 Å². The van der Waals surface area contributed by atoms with E-state index in [0.717, 1.165) is 5.69 Å². The molecule has 1 heteroatoms. The molecule has 0 saturated carbocycles. The van der Waals surface area contributed by atoms with Crippen LogP contribution in [0.25, 0.3) is 88.3 Å². The summed E-state index contributed by atoms with van der Waals surface area (Å²) in [6, 6.07) is 69.3. The van der Waals surface area contributed by atoms with E-state index in [4.69, 9.17) is 0 Å². The summed E-state index contributed by atoms with van der Waals surface area (Å²) in [5.74, 6) is 0. The molecule has 0 spiro atoms. The van der Waals surface area contributed by atoms with Crippen molar-refractivity contribution in [3.63, 3.8) is 0 Å². The van der Waals surface area contributed by atoms with Crippen molar-refractivity contribution in [2.45, 2.75) is 0 Å². The van der Waals surface area contributed by atoms with Gasteiger partial charge in [0, 0.05) is 16.8 Å². The van der Waals surface area contributed by atoms with Crippen molar-refractivity contribution in [1.82, 2.24) is 0 Å². The largest absolute Gasteiger partial charge is 0.309 e. The molecule has 0 atom stereocenters. The summed E-state index contributed by atoms with van der Waals surface area (Å²) < 4.78 is 0. The minimum atomic E-state index is 1.16. The normalized spacial score (nSPS) is 12.3. The van der Waals surface area contributed by atoms with Crippen LogP contribution in [0.4, 0.5) is 17.1 Å². The smallest absolute Gasteiger partial charge is 0.0540 e. The molecule has 9 aromatic carbocycles. The third kappa shape index (κ3) is 4.03. The molecule has 2 aliphatic rings. The number of anilines is 3. The van der Waals surface area contributed by atoms with Crippen LogP contribution in [-0.4, -0.2) is 0 Å². The van der Waals surface area contributed by atoms with Gasteiger partial charge in [0.2, 0.25) is 0 Å². The van der Waals surface area contributed by atoms with Crippen LogP contribution in [0.3, 0.4) is 0 Å². The molecule has 1 nitrogen and oxygen atoms in total. The lowest BCUT2D eigenvalue weighted by Gasteiger charge is -2.28. The van der Waals surface area contributed by atoms with Crippen LogP contribution in [0.1, 0.15) is 0 Å². The van der Waals surface area contributed by atoms with Crippen LogP contribution < -0.4 is 4.90 Å². The lowest BCUT2D eigenvalue weighted by molar-refractivity contribution is 1.30. The van der Waals surface area contributed by atoms with Gasteiger partial charge in [-0.25, -0.2) is 0 Å². The molecule has 1 aliphatic heterocycles. The Morgan fingerprint density at radius 2 is 0.745 bits per heavy atom. The second-order valence-corrected chi connectivity index (χ2v) is 13.6. The zero-order valence-corrected chi connectivity index (χ0v) is 27.8. The van der Waals surface area contributed by atoms with Gasteiger partial charge in [-0.3, -0.25) is 0 Å². The average molecular weight is 646 g/mol. The molecule has 51 heavy (non-hydrogen) atoms. The van der Waals surface area contributed by atoms with Crippen LogP contribution in [0.2, 0.25) is 0 Å². The number of fused-ring (bicyclic) bond motifs is 9. The summed E-state index contributed by atoms with van der Waals surface area (Å²) in [5, 5.41) is 5.11. The van der Waals surface area contributed by atoms with E-state index >= 15 is 0 Å². The Morgan fingerprint density at radius 3 is 1.31 bits per heavy atom. The maximum absolute atomic E-state index is 2.49. The fourth-order valence-electron chi connectivity index (χ4n) is 8.89. The van der Waals surface area contributed by atoms with Gasteiger partial charge >= 0.3 is 0 Å². The quantitative estimate of drug-likeness (QED) is 0.185. The van der Waals surface area contributed by atoms with Crippen LogP contribution >= 0.6 is 0 Å². The van der Waals surface area contributed by atoms with Gasteiger partial charge in [-0.05, 0) is 101 Å². The van der Waals surface area contributed by atoms with Crippen molar-refractivity contribution in [2.75, 3.05) is 4.90 Å². The van der Waals surface area contributed by atoms with Gasteiger partial charge in [0.1, 0.15) is 0 Å². The number of rotatable bonds is 3. The van der Waals surface area contributed by atoms with Gasteiger partial charge in [-0.15, -0.1) is 0 Å². The molecule has 0 bridgehead atoms. The molecule has 11 rings (SSSR count). The van der Waals surface area contributed by atoms with Crippen molar-refractivity contribution in [3.05, 3.63) is 188 Å². The van der Waals surface area contributed by atoms with Crippen molar-refractivity contribution in [2.24, 2.45) is 0 Å². The first kappa shape index (κ1) is 28.2. The zero-order valence-electron chi connectivity index (χ0n) is 27.8. The Hall–Kier alpha value is -6.70. The number of para-hydroxylation sites is 2. The lowest BCUT2D eigenvalue weighted by atomic mass is 9.82. The molecule has 0 radical (unpaired) electrons. The molecule has 0 unspecified atom stereocenters. The molecular weight excluding hydrogens is 615 g/mol. The second-order valence-electron chi connectivity index (χ2n) is 13.6. The summed E-state index contributed by atoms with van der Waals surface area (Å²) in [5.41, 5.74) is 18.8. The topological polar surface area (TPSA) is 3.24 Å². The van der Waals surface area contributed by atoms with Crippen molar-refractivity contribution in [1.29, 1.82) is 0 Å². The molecule has 1 heterocycles. The Morgan fingerprint density at radius 1 is 0.294 bits per heavy atom. The van der Waals surface area contributed by atoms with Gasteiger partial charge in [-0.1, -0.05) is 164 Å². The molecule has 0 fully saturated rings. The van der Waals surface area contributed by atoms with E-state index in [9.17, 15) is 0 Å². The van der Waals surface area contributed by atoms with E-state index in [1.165, 1.54) is 99.7 Å². The fraction of sp³-hybridized carbons (Fsp3) is 0. The SMILES string of the molecule is c1ccc(-c2c3c(c(-c4ccccc4)c4ccccc24)-c2cc(N4c5ccccc5-c5ccccc5-c5ccccc54)cc4cccc-3c24)cc1. The number of nitrogens with zero attached hydrogens (tertiary/aromatic N) is 1. The first-order valence-corrected chi connectivity index (χ1v) is 17.7. The minimum Gasteiger partial charge on any atom is -0.309 e. The molecule has 0 amide bonds. The van der Waals surface area contributed by atoms with Crippen LogP contribution in [0.15, 0.2) is 188 Å². The first-order valence-electron chi connectivity index (χ1n) is 17.7. The van der Waals surface area contributed by atoms with E-state index in [0.29, 0.717) is 0 Å².